The molecule has 17 heavy (non-hydrogen) atoms. The monoisotopic (exact) mass is 250 g/mol. The number of aliphatic carboxylic acids is 3. The van der Waals surface area contributed by atoms with Crippen molar-refractivity contribution < 1.29 is 34.8 Å². The number of hydrogen-bond acceptors (Lipinski definition) is 6. The van der Waals surface area contributed by atoms with Crippen LogP contribution in [0.4, 0.5) is 0 Å². The maximum atomic E-state index is 10.9. The molecule has 9 nitrogen and oxygen atoms in total. The van der Waals surface area contributed by atoms with Crippen LogP contribution in [0.1, 0.15) is 12.8 Å². The molecule has 0 aliphatic rings. The fourth-order valence-electron chi connectivity index (χ4n) is 1.04. The molecule has 9 heteroatoms. The summed E-state index contributed by atoms with van der Waals surface area (Å²) < 4.78 is 0. The molecule has 0 aromatic carbocycles. The van der Waals surface area contributed by atoms with Crippen LogP contribution in [-0.4, -0.2) is 56.6 Å². The van der Waals surface area contributed by atoms with Crippen LogP contribution < -0.4 is 11.1 Å². The van der Waals surface area contributed by atoms with Crippen molar-refractivity contribution in [3.63, 3.8) is 0 Å². The van der Waals surface area contributed by atoms with Crippen LogP contribution in [0.25, 0.3) is 0 Å². The first kappa shape index (κ1) is 15.3. The summed E-state index contributed by atoms with van der Waals surface area (Å²) in [7, 11) is 0. The molecule has 0 amide bonds. The zero-order chi connectivity index (χ0) is 13.6. The zero-order valence-electron chi connectivity index (χ0n) is 8.79. The van der Waals surface area contributed by atoms with Crippen molar-refractivity contribution in [1.82, 2.24) is 5.32 Å². The van der Waals surface area contributed by atoms with Crippen molar-refractivity contribution in [3.05, 3.63) is 0 Å². The summed E-state index contributed by atoms with van der Waals surface area (Å²) in [6, 6.07) is -1.58. The Hall–Kier alpha value is -1.71. The van der Waals surface area contributed by atoms with E-state index in [-0.39, 0.29) is 0 Å². The molecule has 2 atom stereocenters. The van der Waals surface area contributed by atoms with E-state index in [0.717, 1.165) is 0 Å². The van der Waals surface area contributed by atoms with E-state index in [1.165, 1.54) is 0 Å². The van der Waals surface area contributed by atoms with Gasteiger partial charge in [0.2, 0.25) is 0 Å². The first-order chi connectivity index (χ1) is 7.73. The number of aliphatic hydroxyl groups excluding tert-OH is 1. The molecule has 0 bridgehead atoms. The van der Waals surface area contributed by atoms with Crippen molar-refractivity contribution >= 4 is 17.9 Å². The van der Waals surface area contributed by atoms with Gasteiger partial charge in [0.1, 0.15) is 6.04 Å². The second-order valence-electron chi connectivity index (χ2n) is 3.39. The number of nitrogens with two attached hydrogens (primary N) is 1. The largest absolute Gasteiger partial charge is 0.481 e. The highest BCUT2D eigenvalue weighted by atomic mass is 16.4. The number of rotatable bonds is 8. The van der Waals surface area contributed by atoms with E-state index >= 15 is 0 Å². The standard InChI is InChI=1S/C8H14N2O7/c9-8(7(16)17,2-1-5(12)13)10-4(3-11)6(14)15/h4,10-11H,1-3,9H2,(H,12,13)(H,14,15)(H,16,17)/t4-,8+/m0/s1. The minimum Gasteiger partial charge on any atom is -0.481 e. The van der Waals surface area contributed by atoms with Crippen LogP contribution >= 0.6 is 0 Å². The van der Waals surface area contributed by atoms with E-state index < -0.39 is 49.1 Å². The third-order valence-electron chi connectivity index (χ3n) is 2.03. The summed E-state index contributed by atoms with van der Waals surface area (Å²) in [5.41, 5.74) is 3.14. The van der Waals surface area contributed by atoms with Crippen molar-refractivity contribution in [1.29, 1.82) is 0 Å². The molecule has 0 aliphatic carbocycles. The van der Waals surface area contributed by atoms with Crippen molar-refractivity contribution in [2.24, 2.45) is 5.73 Å². The van der Waals surface area contributed by atoms with Crippen LogP contribution in [0.15, 0.2) is 0 Å². The van der Waals surface area contributed by atoms with Crippen LogP contribution in [-0.2, 0) is 14.4 Å². The first-order valence-electron chi connectivity index (χ1n) is 4.58. The second kappa shape index (κ2) is 6.13. The van der Waals surface area contributed by atoms with Gasteiger partial charge in [-0.15, -0.1) is 0 Å². The van der Waals surface area contributed by atoms with Gasteiger partial charge in [-0.3, -0.25) is 14.9 Å². The summed E-state index contributed by atoms with van der Waals surface area (Å²) in [5.74, 6) is -4.35. The third-order valence-corrected chi connectivity index (χ3v) is 2.03. The summed E-state index contributed by atoms with van der Waals surface area (Å²) >= 11 is 0. The molecule has 0 spiro atoms. The highest BCUT2D eigenvalue weighted by Gasteiger charge is 2.38. The Bertz CT molecular complexity index is 319. The predicted octanol–water partition coefficient (Wildman–Crippen LogP) is -2.37. The summed E-state index contributed by atoms with van der Waals surface area (Å²) in [6.07, 6.45) is -1.06. The third kappa shape index (κ3) is 4.76. The number of nitrogens with one attached hydrogen (secondary N) is 1. The molecular formula is C8H14N2O7. The smallest absolute Gasteiger partial charge is 0.338 e. The van der Waals surface area contributed by atoms with Gasteiger partial charge in [-0.1, -0.05) is 0 Å². The van der Waals surface area contributed by atoms with Gasteiger partial charge in [-0.05, 0) is 0 Å². The maximum absolute atomic E-state index is 10.9. The lowest BCUT2D eigenvalue weighted by molar-refractivity contribution is -0.148. The minimum absolute atomic E-state index is 0.512. The Kier molecular flexibility index (Phi) is 5.51. The number of aliphatic hydroxyl groups is 1. The molecule has 0 unspecified atom stereocenters. The minimum atomic E-state index is -2.22. The van der Waals surface area contributed by atoms with E-state index in [0.29, 0.717) is 0 Å². The molecule has 0 saturated carbocycles. The van der Waals surface area contributed by atoms with Crippen LogP contribution in [0.5, 0.6) is 0 Å². The van der Waals surface area contributed by atoms with Crippen molar-refractivity contribution in [2.45, 2.75) is 24.5 Å². The number of carbonyl (C=O) groups is 3. The zero-order valence-corrected chi connectivity index (χ0v) is 8.79. The van der Waals surface area contributed by atoms with E-state index in [4.69, 9.17) is 26.2 Å². The summed E-state index contributed by atoms with van der Waals surface area (Å²) in [6.45, 7) is -0.866. The molecule has 0 rings (SSSR count). The summed E-state index contributed by atoms with van der Waals surface area (Å²) in [4.78, 5) is 31.8. The fraction of sp³-hybridized carbons (Fsp3) is 0.625. The molecule has 98 valence electrons. The number of carboxylic acids is 3. The Morgan fingerprint density at radius 3 is 2.06 bits per heavy atom. The van der Waals surface area contributed by atoms with Gasteiger partial charge in [0.25, 0.3) is 0 Å². The Balaban J connectivity index is 4.76. The molecule has 7 N–H and O–H groups in total. The number of carboxylic acid groups (broad SMARTS) is 3. The maximum Gasteiger partial charge on any atom is 0.338 e. The molecule has 0 heterocycles. The van der Waals surface area contributed by atoms with Crippen molar-refractivity contribution in [3.8, 4) is 0 Å². The first-order valence-corrected chi connectivity index (χ1v) is 4.58. The van der Waals surface area contributed by atoms with E-state index in [1.807, 2.05) is 5.32 Å². The average molecular weight is 250 g/mol. The van der Waals surface area contributed by atoms with Gasteiger partial charge in [0.05, 0.1) is 6.61 Å². The molecule has 0 saturated heterocycles. The quantitative estimate of drug-likeness (QED) is 0.257. The normalized spacial score (nSPS) is 15.9. The fourth-order valence-corrected chi connectivity index (χ4v) is 1.04. The van der Waals surface area contributed by atoms with Gasteiger partial charge in [0.15, 0.2) is 5.66 Å². The molecule has 0 fully saturated rings. The predicted molar refractivity (Wildman–Crippen MR) is 53.1 cm³/mol. The molecule has 0 radical (unpaired) electrons. The summed E-state index contributed by atoms with van der Waals surface area (Å²) in [5, 5.41) is 36.6. The van der Waals surface area contributed by atoms with E-state index in [1.54, 1.807) is 0 Å². The topological polar surface area (TPSA) is 170 Å². The van der Waals surface area contributed by atoms with Gasteiger partial charge < -0.3 is 26.2 Å². The van der Waals surface area contributed by atoms with E-state index in [9.17, 15) is 14.4 Å². The lowest BCUT2D eigenvalue weighted by Gasteiger charge is -2.28. The molecule has 0 aromatic heterocycles. The highest BCUT2D eigenvalue weighted by Crippen LogP contribution is 2.08. The molecule has 0 aromatic rings. The highest BCUT2D eigenvalue weighted by molar-refractivity contribution is 5.81. The van der Waals surface area contributed by atoms with Crippen LogP contribution in [0, 0.1) is 0 Å². The Morgan fingerprint density at radius 1 is 1.24 bits per heavy atom. The van der Waals surface area contributed by atoms with E-state index in [2.05, 4.69) is 0 Å². The lowest BCUT2D eigenvalue weighted by atomic mass is 10.0. The Morgan fingerprint density at radius 2 is 1.76 bits per heavy atom. The molecule has 0 aliphatic heterocycles. The van der Waals surface area contributed by atoms with Gasteiger partial charge in [-0.2, -0.15) is 0 Å². The SMILES string of the molecule is N[C@](CCC(=O)O)(N[C@@H](CO)C(=O)O)C(=O)O. The average Bonchev–Trinajstić information content (AvgIpc) is 2.22. The number of hydrogen-bond donors (Lipinski definition) is 6. The van der Waals surface area contributed by atoms with Gasteiger partial charge in [-0.25, -0.2) is 4.79 Å². The lowest BCUT2D eigenvalue weighted by Crippen LogP contribution is -2.65. The van der Waals surface area contributed by atoms with Gasteiger partial charge >= 0.3 is 17.9 Å². The molecular weight excluding hydrogens is 236 g/mol. The van der Waals surface area contributed by atoms with Crippen LogP contribution in [0.2, 0.25) is 0 Å². The second-order valence-corrected chi connectivity index (χ2v) is 3.39. The Labute approximate surface area is 95.8 Å². The van der Waals surface area contributed by atoms with Crippen LogP contribution in [0.3, 0.4) is 0 Å². The van der Waals surface area contributed by atoms with Crippen molar-refractivity contribution in [2.75, 3.05) is 6.61 Å². The van der Waals surface area contributed by atoms with Gasteiger partial charge in [0, 0.05) is 12.8 Å².